The molecule has 2 atom stereocenters. The van der Waals surface area contributed by atoms with Crippen molar-refractivity contribution in [3.8, 4) is 0 Å². The summed E-state index contributed by atoms with van der Waals surface area (Å²) in [5, 5.41) is 3.72. The summed E-state index contributed by atoms with van der Waals surface area (Å²) in [6, 6.07) is 19.0. The highest BCUT2D eigenvalue weighted by Crippen LogP contribution is 2.30. The van der Waals surface area contributed by atoms with Crippen LogP contribution in [0.5, 0.6) is 0 Å². The van der Waals surface area contributed by atoms with Gasteiger partial charge in [0.15, 0.2) is 0 Å². The molecule has 0 aliphatic carbocycles. The normalized spacial score (nSPS) is 15.2. The summed E-state index contributed by atoms with van der Waals surface area (Å²) < 4.78 is 26.9. The topological polar surface area (TPSA) is 104 Å². The van der Waals surface area contributed by atoms with Crippen LogP contribution in [-0.4, -0.2) is 54.0 Å². The molecular weight excluding hydrogens is 585 g/mol. The van der Waals surface area contributed by atoms with Gasteiger partial charge in [-0.15, -0.1) is 0 Å². The van der Waals surface area contributed by atoms with Crippen molar-refractivity contribution in [1.29, 1.82) is 0 Å². The molecule has 1 aliphatic heterocycles. The zero-order valence-electron chi connectivity index (χ0n) is 22.7. The van der Waals surface area contributed by atoms with Gasteiger partial charge in [-0.05, 0) is 48.7 Å². The Kier molecular flexibility index (Phi) is 9.73. The van der Waals surface area contributed by atoms with Crippen molar-refractivity contribution >= 4 is 50.9 Å². The van der Waals surface area contributed by atoms with E-state index in [2.05, 4.69) is 5.32 Å². The molecule has 0 radical (unpaired) electrons. The number of nitrogens with one attached hydrogen (secondary N) is 1. The van der Waals surface area contributed by atoms with Gasteiger partial charge in [-0.3, -0.25) is 14.4 Å². The number of amides is 3. The lowest BCUT2D eigenvalue weighted by atomic mass is 10.0. The fourth-order valence-electron chi connectivity index (χ4n) is 4.62. The number of benzene rings is 3. The fraction of sp³-hybridized carbons (Fsp3) is 0.300. The minimum atomic E-state index is -4.09. The maximum Gasteiger partial charge on any atom is 0.269 e. The van der Waals surface area contributed by atoms with E-state index in [0.29, 0.717) is 26.3 Å². The highest BCUT2D eigenvalue weighted by molar-refractivity contribution is 7.90. The van der Waals surface area contributed by atoms with Gasteiger partial charge in [0.05, 0.1) is 5.56 Å². The summed E-state index contributed by atoms with van der Waals surface area (Å²) in [4.78, 5) is 41.8. The Balaban J connectivity index is 1.66. The number of fused-ring (bicyclic) bond motifs is 1. The maximum atomic E-state index is 13.9. The predicted molar refractivity (Wildman–Crippen MR) is 158 cm³/mol. The molecule has 0 aromatic heterocycles. The summed E-state index contributed by atoms with van der Waals surface area (Å²) >= 11 is 12.6. The van der Waals surface area contributed by atoms with Gasteiger partial charge in [0, 0.05) is 42.0 Å². The summed E-state index contributed by atoms with van der Waals surface area (Å²) in [5.74, 6) is -1.54. The molecule has 0 saturated heterocycles. The molecule has 41 heavy (non-hydrogen) atoms. The van der Waals surface area contributed by atoms with Gasteiger partial charge in [0.2, 0.25) is 11.8 Å². The number of sulfonamides is 1. The van der Waals surface area contributed by atoms with Crippen molar-refractivity contribution in [2.75, 3.05) is 6.54 Å². The molecule has 3 aromatic carbocycles. The van der Waals surface area contributed by atoms with Crippen LogP contribution in [0, 0.1) is 0 Å². The van der Waals surface area contributed by atoms with Crippen LogP contribution in [-0.2, 0) is 32.6 Å². The first kappa shape index (κ1) is 30.6. The average molecular weight is 617 g/mol. The first-order valence-corrected chi connectivity index (χ1v) is 15.5. The van der Waals surface area contributed by atoms with Crippen molar-refractivity contribution in [3.05, 3.63) is 99.5 Å². The Morgan fingerprint density at radius 1 is 1.00 bits per heavy atom. The standard InChI is InChI=1S/C30H31Cl2N3O5S/c1-3-20(2)33-29(37)26(17-21-9-5-4-6-10-21)34(19-22-13-14-23(31)18-25(22)32)28(36)15-16-35-30(38)24-11-7-8-12-27(24)41(35,39)40/h4-14,18,20,26H,3,15-17,19H2,1-2H3,(H,33,37)/t20-,26-/m0/s1. The third-order valence-electron chi connectivity index (χ3n) is 7.07. The molecule has 0 fully saturated rings. The molecule has 0 unspecified atom stereocenters. The van der Waals surface area contributed by atoms with Gasteiger partial charge in [0.25, 0.3) is 15.9 Å². The Morgan fingerprint density at radius 3 is 2.34 bits per heavy atom. The molecule has 0 bridgehead atoms. The molecule has 3 amide bonds. The largest absolute Gasteiger partial charge is 0.352 e. The Morgan fingerprint density at radius 2 is 1.68 bits per heavy atom. The summed E-state index contributed by atoms with van der Waals surface area (Å²) in [6.45, 7) is 3.42. The Bertz CT molecular complexity index is 1550. The van der Waals surface area contributed by atoms with Crippen LogP contribution in [0.4, 0.5) is 0 Å². The molecule has 216 valence electrons. The van der Waals surface area contributed by atoms with Crippen LogP contribution in [0.3, 0.4) is 0 Å². The van der Waals surface area contributed by atoms with Gasteiger partial charge in [0.1, 0.15) is 10.9 Å². The minimum absolute atomic E-state index is 0.0266. The lowest BCUT2D eigenvalue weighted by Crippen LogP contribution is -2.52. The van der Waals surface area contributed by atoms with Crippen LogP contribution in [0.2, 0.25) is 10.0 Å². The van der Waals surface area contributed by atoms with Crippen LogP contribution in [0.25, 0.3) is 0 Å². The molecule has 1 heterocycles. The second-order valence-electron chi connectivity index (χ2n) is 9.91. The molecule has 1 aliphatic rings. The summed E-state index contributed by atoms with van der Waals surface area (Å²) in [5.41, 5.74) is 1.47. The van der Waals surface area contributed by atoms with Crippen molar-refractivity contribution in [3.63, 3.8) is 0 Å². The van der Waals surface area contributed by atoms with E-state index in [9.17, 15) is 22.8 Å². The molecule has 1 N–H and O–H groups in total. The number of nitrogens with zero attached hydrogens (tertiary/aromatic N) is 2. The van der Waals surface area contributed by atoms with Crippen LogP contribution in [0.1, 0.15) is 48.2 Å². The van der Waals surface area contributed by atoms with Gasteiger partial charge >= 0.3 is 0 Å². The van der Waals surface area contributed by atoms with Crippen LogP contribution in [0.15, 0.2) is 77.7 Å². The smallest absolute Gasteiger partial charge is 0.269 e. The van der Waals surface area contributed by atoms with E-state index < -0.39 is 27.9 Å². The number of hydrogen-bond acceptors (Lipinski definition) is 5. The average Bonchev–Trinajstić information content (AvgIpc) is 3.15. The zero-order chi connectivity index (χ0) is 29.7. The first-order valence-electron chi connectivity index (χ1n) is 13.3. The molecular formula is C30H31Cl2N3O5S. The number of hydrogen-bond donors (Lipinski definition) is 1. The second-order valence-corrected chi connectivity index (χ2v) is 12.6. The van der Waals surface area contributed by atoms with E-state index in [4.69, 9.17) is 23.2 Å². The molecule has 3 aromatic rings. The Labute approximate surface area is 250 Å². The van der Waals surface area contributed by atoms with E-state index in [-0.39, 0.29) is 48.3 Å². The summed E-state index contributed by atoms with van der Waals surface area (Å²) in [6.07, 6.45) is 0.578. The predicted octanol–water partition coefficient (Wildman–Crippen LogP) is 5.08. The third kappa shape index (κ3) is 6.92. The van der Waals surface area contributed by atoms with Crippen molar-refractivity contribution in [2.24, 2.45) is 0 Å². The Hall–Kier alpha value is -3.40. The third-order valence-corrected chi connectivity index (χ3v) is 9.50. The van der Waals surface area contributed by atoms with E-state index in [1.165, 1.54) is 17.0 Å². The quantitative estimate of drug-likeness (QED) is 0.324. The van der Waals surface area contributed by atoms with Gasteiger partial charge in [-0.1, -0.05) is 78.7 Å². The van der Waals surface area contributed by atoms with Gasteiger partial charge < -0.3 is 10.2 Å². The lowest BCUT2D eigenvalue weighted by molar-refractivity contribution is -0.141. The van der Waals surface area contributed by atoms with E-state index in [1.54, 1.807) is 30.3 Å². The van der Waals surface area contributed by atoms with E-state index >= 15 is 0 Å². The van der Waals surface area contributed by atoms with Gasteiger partial charge in [-0.25, -0.2) is 12.7 Å². The van der Waals surface area contributed by atoms with Crippen molar-refractivity contribution < 1.29 is 22.8 Å². The van der Waals surface area contributed by atoms with E-state index in [1.807, 2.05) is 44.2 Å². The van der Waals surface area contributed by atoms with Crippen LogP contribution < -0.4 is 5.32 Å². The second kappa shape index (κ2) is 13.1. The van der Waals surface area contributed by atoms with Crippen molar-refractivity contribution in [2.45, 2.75) is 56.6 Å². The summed E-state index contributed by atoms with van der Waals surface area (Å²) in [7, 11) is -4.09. The van der Waals surface area contributed by atoms with Crippen LogP contribution >= 0.6 is 23.2 Å². The van der Waals surface area contributed by atoms with Crippen molar-refractivity contribution in [1.82, 2.24) is 14.5 Å². The number of carbonyl (C=O) groups excluding carboxylic acids is 3. The number of halogens is 2. The van der Waals surface area contributed by atoms with E-state index in [0.717, 1.165) is 5.56 Å². The fourth-order valence-corrected chi connectivity index (χ4v) is 6.66. The highest BCUT2D eigenvalue weighted by Gasteiger charge is 2.41. The lowest BCUT2D eigenvalue weighted by Gasteiger charge is -2.33. The zero-order valence-corrected chi connectivity index (χ0v) is 25.0. The number of rotatable bonds is 11. The monoisotopic (exact) mass is 615 g/mol. The molecule has 0 spiro atoms. The van der Waals surface area contributed by atoms with Gasteiger partial charge in [-0.2, -0.15) is 0 Å². The molecule has 0 saturated carbocycles. The maximum absolute atomic E-state index is 13.9. The minimum Gasteiger partial charge on any atom is -0.352 e. The molecule has 11 heteroatoms. The SMILES string of the molecule is CC[C@H](C)NC(=O)[C@H](Cc1ccccc1)N(Cc1ccc(Cl)cc1Cl)C(=O)CCN1C(=O)c2ccccc2S1(=O)=O. The first-order chi connectivity index (χ1) is 19.5. The molecule has 8 nitrogen and oxygen atoms in total. The number of carbonyl (C=O) groups is 3. The molecule has 4 rings (SSSR count). The highest BCUT2D eigenvalue weighted by atomic mass is 35.5.